The summed E-state index contributed by atoms with van der Waals surface area (Å²) in [5.74, 6) is -0.294. The van der Waals surface area contributed by atoms with E-state index in [9.17, 15) is 18.5 Å². The van der Waals surface area contributed by atoms with E-state index in [1.807, 2.05) is 12.1 Å². The quantitative estimate of drug-likeness (QED) is 0.423. The molecule has 0 unspecified atom stereocenters. The van der Waals surface area contributed by atoms with E-state index in [4.69, 9.17) is 5.26 Å². The predicted octanol–water partition coefficient (Wildman–Crippen LogP) is 4.84. The third-order valence-corrected chi connectivity index (χ3v) is 7.15. The van der Waals surface area contributed by atoms with Crippen molar-refractivity contribution in [2.24, 2.45) is 0 Å². The van der Waals surface area contributed by atoms with Crippen molar-refractivity contribution in [1.29, 1.82) is 10.5 Å². The Bertz CT molecular complexity index is 1770. The van der Waals surface area contributed by atoms with E-state index < -0.39 is 9.84 Å². The number of rotatable bonds is 3. The predicted molar refractivity (Wildman–Crippen MR) is 133 cm³/mol. The zero-order valence-corrected chi connectivity index (χ0v) is 19.6. The number of nitriles is 2. The third kappa shape index (κ3) is 3.76. The van der Waals surface area contributed by atoms with Crippen LogP contribution in [0.25, 0.3) is 22.6 Å². The Kier molecular flexibility index (Phi) is 5.05. The number of hydrogen-bond donors (Lipinski definition) is 1. The van der Waals surface area contributed by atoms with Crippen LogP contribution >= 0.6 is 0 Å². The van der Waals surface area contributed by atoms with Crippen LogP contribution in [0.5, 0.6) is 0 Å². The van der Waals surface area contributed by atoms with Gasteiger partial charge < -0.3 is 4.98 Å². The summed E-state index contributed by atoms with van der Waals surface area (Å²) in [6.07, 6.45) is 2.86. The molecular formula is C27H18N4O3S. The van der Waals surface area contributed by atoms with Crippen molar-refractivity contribution in [2.75, 3.05) is 11.2 Å². The largest absolute Gasteiger partial charge is 0.355 e. The summed E-state index contributed by atoms with van der Waals surface area (Å²) in [6, 6.07) is 21.1. The molecule has 2 heterocycles. The number of fused-ring (bicyclic) bond motifs is 2. The molecule has 1 aliphatic rings. The average Bonchev–Trinajstić information content (AvgIpc) is 3.35. The van der Waals surface area contributed by atoms with E-state index in [0.717, 1.165) is 22.7 Å². The minimum atomic E-state index is -3.38. The molecule has 5 rings (SSSR count). The van der Waals surface area contributed by atoms with Gasteiger partial charge in [-0.3, -0.25) is 9.69 Å². The molecule has 0 saturated carbocycles. The lowest BCUT2D eigenvalue weighted by Gasteiger charge is -2.18. The van der Waals surface area contributed by atoms with Gasteiger partial charge in [0.15, 0.2) is 9.84 Å². The molecule has 8 heteroatoms. The Balaban J connectivity index is 1.67. The maximum Gasteiger partial charge on any atom is 0.263 e. The van der Waals surface area contributed by atoms with Crippen molar-refractivity contribution in [2.45, 2.75) is 11.8 Å². The van der Waals surface area contributed by atoms with Gasteiger partial charge in [0.1, 0.15) is 0 Å². The molecule has 170 valence electrons. The summed E-state index contributed by atoms with van der Waals surface area (Å²) in [6.45, 7) is 1.81. The van der Waals surface area contributed by atoms with E-state index in [2.05, 4.69) is 17.1 Å². The highest BCUT2D eigenvalue weighted by Crippen LogP contribution is 2.43. The zero-order valence-electron chi connectivity index (χ0n) is 18.8. The van der Waals surface area contributed by atoms with Crippen LogP contribution in [0.1, 0.15) is 27.9 Å². The number of carbonyl (C=O) groups is 1. The molecule has 4 aromatic rings. The number of aromatic nitrogens is 1. The second kappa shape index (κ2) is 7.98. The average molecular weight is 479 g/mol. The molecule has 1 amide bonds. The summed E-state index contributed by atoms with van der Waals surface area (Å²) < 4.78 is 23.7. The zero-order chi connectivity index (χ0) is 24.9. The van der Waals surface area contributed by atoms with Gasteiger partial charge in [0.25, 0.3) is 5.91 Å². The fourth-order valence-corrected chi connectivity index (χ4v) is 4.88. The van der Waals surface area contributed by atoms with Crippen LogP contribution in [-0.4, -0.2) is 25.6 Å². The second-order valence-electron chi connectivity index (χ2n) is 8.40. The van der Waals surface area contributed by atoms with E-state index in [-0.39, 0.29) is 10.8 Å². The van der Waals surface area contributed by atoms with E-state index >= 15 is 0 Å². The SMILES string of the molecule is Cc1cc2c(cc1C#N)/C(=C/c1cc3ccc(C#N)cc3[nH]1)C(=O)N2c1ccc(S(C)(=O)=O)cc1. The smallest absolute Gasteiger partial charge is 0.263 e. The number of anilines is 2. The molecular weight excluding hydrogens is 460 g/mol. The number of hydrogen-bond acceptors (Lipinski definition) is 5. The van der Waals surface area contributed by atoms with Crippen molar-refractivity contribution in [3.63, 3.8) is 0 Å². The number of aromatic amines is 1. The van der Waals surface area contributed by atoms with Crippen LogP contribution in [0.2, 0.25) is 0 Å². The molecule has 0 bridgehead atoms. The van der Waals surface area contributed by atoms with Gasteiger partial charge in [0.05, 0.1) is 39.4 Å². The summed E-state index contributed by atoms with van der Waals surface area (Å²) >= 11 is 0. The molecule has 0 saturated heterocycles. The first kappa shape index (κ1) is 22.1. The van der Waals surface area contributed by atoms with Crippen molar-refractivity contribution in [1.82, 2.24) is 4.98 Å². The molecule has 3 aromatic carbocycles. The van der Waals surface area contributed by atoms with Gasteiger partial charge in [0.2, 0.25) is 0 Å². The number of nitrogens with zero attached hydrogens (tertiary/aromatic N) is 3. The van der Waals surface area contributed by atoms with Gasteiger partial charge >= 0.3 is 0 Å². The summed E-state index contributed by atoms with van der Waals surface area (Å²) in [4.78, 5) is 18.6. The maximum absolute atomic E-state index is 13.7. The molecule has 35 heavy (non-hydrogen) atoms. The minimum absolute atomic E-state index is 0.162. The summed E-state index contributed by atoms with van der Waals surface area (Å²) in [5.41, 5.74) is 5.32. The summed E-state index contributed by atoms with van der Waals surface area (Å²) in [5, 5.41) is 19.6. The van der Waals surface area contributed by atoms with Crippen LogP contribution in [0.4, 0.5) is 11.4 Å². The number of carbonyl (C=O) groups excluding carboxylic acids is 1. The Morgan fingerprint density at radius 1 is 0.971 bits per heavy atom. The third-order valence-electron chi connectivity index (χ3n) is 6.02. The number of aryl methyl sites for hydroxylation is 1. The van der Waals surface area contributed by atoms with Gasteiger partial charge in [-0.1, -0.05) is 6.07 Å². The maximum atomic E-state index is 13.7. The second-order valence-corrected chi connectivity index (χ2v) is 10.4. The van der Waals surface area contributed by atoms with Crippen molar-refractivity contribution in [3.05, 3.63) is 88.6 Å². The first-order chi connectivity index (χ1) is 16.7. The molecule has 1 N–H and O–H groups in total. The van der Waals surface area contributed by atoms with Crippen LogP contribution in [0.3, 0.4) is 0 Å². The topological polar surface area (TPSA) is 118 Å². The summed E-state index contributed by atoms with van der Waals surface area (Å²) in [7, 11) is -3.38. The van der Waals surface area contributed by atoms with Gasteiger partial charge in [-0.25, -0.2) is 8.42 Å². The van der Waals surface area contributed by atoms with E-state index in [1.165, 1.54) is 17.0 Å². The highest BCUT2D eigenvalue weighted by molar-refractivity contribution is 7.90. The fraction of sp³-hybridized carbons (Fsp3) is 0.0741. The van der Waals surface area contributed by atoms with Crippen LogP contribution < -0.4 is 4.90 Å². The fourth-order valence-electron chi connectivity index (χ4n) is 4.25. The lowest BCUT2D eigenvalue weighted by molar-refractivity contribution is -0.112. The molecule has 0 spiro atoms. The Labute approximate surface area is 202 Å². The molecule has 0 aliphatic carbocycles. The number of amides is 1. The van der Waals surface area contributed by atoms with Crippen molar-refractivity contribution in [3.8, 4) is 12.1 Å². The molecule has 1 aliphatic heterocycles. The Morgan fingerprint density at radius 3 is 2.37 bits per heavy atom. The number of benzene rings is 3. The van der Waals surface area contributed by atoms with E-state index in [1.54, 1.807) is 49.4 Å². The standard InChI is InChI=1S/C27H18N4O3S/c1-16-9-26-23(12-19(16)15-29)24(13-20-11-18-4-3-17(14-28)10-25(18)30-20)27(32)31(26)21-5-7-22(8-6-21)35(2,33)34/h3-13,30H,1-2H3/b24-13-. The van der Waals surface area contributed by atoms with Crippen LogP contribution in [-0.2, 0) is 14.6 Å². The normalized spacial score (nSPS) is 14.2. The van der Waals surface area contributed by atoms with Crippen LogP contribution in [0.15, 0.2) is 65.6 Å². The Hall–Kier alpha value is -4.66. The monoisotopic (exact) mass is 478 g/mol. The first-order valence-corrected chi connectivity index (χ1v) is 12.5. The van der Waals surface area contributed by atoms with Gasteiger partial charge in [-0.05, 0) is 73.2 Å². The van der Waals surface area contributed by atoms with Crippen molar-refractivity contribution < 1.29 is 13.2 Å². The molecule has 0 atom stereocenters. The number of nitrogens with one attached hydrogen (secondary N) is 1. The van der Waals surface area contributed by atoms with Gasteiger partial charge in [-0.2, -0.15) is 10.5 Å². The lowest BCUT2D eigenvalue weighted by atomic mass is 10.00. The van der Waals surface area contributed by atoms with Gasteiger partial charge in [0, 0.05) is 34.1 Å². The molecule has 0 radical (unpaired) electrons. The first-order valence-electron chi connectivity index (χ1n) is 10.6. The molecule has 0 fully saturated rings. The molecule has 7 nitrogen and oxygen atoms in total. The van der Waals surface area contributed by atoms with Gasteiger partial charge in [-0.15, -0.1) is 0 Å². The highest BCUT2D eigenvalue weighted by Gasteiger charge is 2.34. The Morgan fingerprint density at radius 2 is 1.71 bits per heavy atom. The van der Waals surface area contributed by atoms with Crippen LogP contribution in [0, 0.1) is 29.6 Å². The highest BCUT2D eigenvalue weighted by atomic mass is 32.2. The number of sulfone groups is 1. The van der Waals surface area contributed by atoms with E-state index in [0.29, 0.717) is 39.3 Å². The molecule has 1 aromatic heterocycles. The number of H-pyrrole nitrogens is 1. The lowest BCUT2D eigenvalue weighted by Crippen LogP contribution is -2.20. The minimum Gasteiger partial charge on any atom is -0.355 e. The van der Waals surface area contributed by atoms with Crippen molar-refractivity contribution >= 4 is 49.7 Å².